The maximum atomic E-state index is 12.0. The lowest BCUT2D eigenvalue weighted by Gasteiger charge is -2.39. The van der Waals surface area contributed by atoms with Gasteiger partial charge < -0.3 is 34.3 Å². The van der Waals surface area contributed by atoms with Gasteiger partial charge in [-0.2, -0.15) is 19.2 Å². The van der Waals surface area contributed by atoms with Gasteiger partial charge in [0.25, 0.3) is 0 Å². The van der Waals surface area contributed by atoms with Crippen molar-refractivity contribution in [2.24, 2.45) is 4.99 Å². The molecule has 4 N–H and O–H groups in total. The second-order valence-electron chi connectivity index (χ2n) is 18.6. The van der Waals surface area contributed by atoms with Gasteiger partial charge in [0.15, 0.2) is 17.3 Å². The van der Waals surface area contributed by atoms with Crippen LogP contribution in [0.5, 0.6) is 11.5 Å². The number of hydrazine groups is 1. The van der Waals surface area contributed by atoms with Gasteiger partial charge in [-0.15, -0.1) is 10.2 Å². The van der Waals surface area contributed by atoms with Crippen LogP contribution in [-0.2, 0) is 16.0 Å². The van der Waals surface area contributed by atoms with Crippen molar-refractivity contribution < 1.29 is 23.5 Å². The van der Waals surface area contributed by atoms with Crippen LogP contribution in [0, 0.1) is 48.5 Å². The molecule has 2 aromatic carbocycles. The quantitative estimate of drug-likeness (QED) is 0.0895. The average molecular weight is 984 g/mol. The zero-order chi connectivity index (χ0) is 51.8. The number of nitrogens with one attached hydrogen (secondary N) is 4. The van der Waals surface area contributed by atoms with Crippen LogP contribution in [0.15, 0.2) is 57.9 Å². The van der Waals surface area contributed by atoms with E-state index in [-0.39, 0.29) is 30.3 Å². The van der Waals surface area contributed by atoms with Crippen LogP contribution in [0.3, 0.4) is 0 Å². The van der Waals surface area contributed by atoms with E-state index in [2.05, 4.69) is 73.4 Å². The zero-order valence-electron chi connectivity index (χ0n) is 43.9. The van der Waals surface area contributed by atoms with Gasteiger partial charge in [-0.25, -0.2) is 9.97 Å². The number of hydrogen-bond acceptors (Lipinski definition) is 16. The first-order chi connectivity index (χ1) is 34.4. The number of nitrogens with zero attached hydrogens (tertiary/aromatic N) is 11. The third-order valence-electron chi connectivity index (χ3n) is 12.3. The van der Waals surface area contributed by atoms with E-state index in [1.54, 1.807) is 25.7 Å². The highest BCUT2D eigenvalue weighted by atomic mass is 16.5. The second kappa shape index (κ2) is 23.0. The summed E-state index contributed by atoms with van der Waals surface area (Å²) in [5.41, 5.74) is 16.1. The number of amides is 2. The fraction of sp³-hybridized carbons (Fsp3) is 0.442. The molecule has 2 unspecified atom stereocenters. The fourth-order valence-corrected chi connectivity index (χ4v) is 9.00. The molecule has 0 aliphatic carbocycles. The van der Waals surface area contributed by atoms with Gasteiger partial charge in [0.05, 0.1) is 25.6 Å². The Hall–Kier alpha value is -7.77. The normalized spacial score (nSPS) is 14.0. The molecule has 2 aliphatic heterocycles. The molecule has 7 heterocycles. The number of benzene rings is 2. The van der Waals surface area contributed by atoms with E-state index in [9.17, 15) is 9.59 Å². The number of ether oxygens (including phenoxy) is 2. The highest BCUT2D eigenvalue weighted by Gasteiger charge is 2.24. The summed E-state index contributed by atoms with van der Waals surface area (Å²) in [5.74, 6) is 5.04. The number of carbonyl (C=O) groups excluding carboxylic acids is 2. The molecule has 20 heteroatoms. The van der Waals surface area contributed by atoms with Crippen molar-refractivity contribution in [1.82, 2.24) is 60.0 Å². The van der Waals surface area contributed by atoms with E-state index >= 15 is 0 Å². The van der Waals surface area contributed by atoms with Crippen LogP contribution < -0.4 is 31.0 Å². The summed E-state index contributed by atoms with van der Waals surface area (Å²) >= 11 is 0. The van der Waals surface area contributed by atoms with Crippen molar-refractivity contribution in [2.75, 3.05) is 58.1 Å². The lowest BCUT2D eigenvalue weighted by Crippen LogP contribution is -2.50. The van der Waals surface area contributed by atoms with Crippen molar-refractivity contribution in [3.8, 4) is 33.8 Å². The SMILES string of the molecule is CN1CCCN2CCCN=C12.COc1ccc(-c2c(C)nn3c(NC(C)CC(=O)NNC(C)=O)cc(C)nc23)c(C)c1.COc1ccc(-c2c(C)nn3c(NC(C)Cc4nnc(C)o4)cc(C)nc23)c(C)c1. The first-order valence-electron chi connectivity index (χ1n) is 24.3. The topological polar surface area (TPSA) is 219 Å². The van der Waals surface area contributed by atoms with Crippen molar-refractivity contribution in [3.05, 3.63) is 94.2 Å². The highest BCUT2D eigenvalue weighted by molar-refractivity contribution is 5.85. The Morgan fingerprint density at radius 3 is 1.74 bits per heavy atom. The smallest absolute Gasteiger partial charge is 0.240 e. The van der Waals surface area contributed by atoms with Crippen LogP contribution >= 0.6 is 0 Å². The summed E-state index contributed by atoms with van der Waals surface area (Å²) in [6, 6.07) is 15.8. The average Bonchev–Trinajstić information content (AvgIpc) is 4.01. The number of hydrogen-bond donors (Lipinski definition) is 4. The van der Waals surface area contributed by atoms with E-state index in [4.69, 9.17) is 34.1 Å². The van der Waals surface area contributed by atoms with Gasteiger partial charge in [-0.3, -0.25) is 25.4 Å². The number of aromatic nitrogens is 8. The van der Waals surface area contributed by atoms with E-state index < -0.39 is 0 Å². The Bertz CT molecular complexity index is 3080. The fourth-order valence-electron chi connectivity index (χ4n) is 9.00. The Balaban J connectivity index is 0.000000174. The highest BCUT2D eigenvalue weighted by Crippen LogP contribution is 2.35. The standard InChI is InChI=1S/C22H28N6O3.C22H26N6O2.C8H15N3/c1-12-9-17(31-6)7-8-18(12)21-15(4)27-28-19(10-13(2)24-22(21)28)23-14(3)11-20(30)26-25-16(5)29;1-12-9-17(29-6)7-8-18(12)21-15(4)27-28-19(10-13(2)24-22(21)28)23-14(3)11-20-26-25-16(5)30-20;1-10-5-3-7-11-6-2-4-9-8(10)11/h7-10,14,23H,11H2,1-6H3,(H,25,29)(H,26,30);7-10,14,23H,11H2,1-6H3;2-7H2,1H3. The van der Waals surface area contributed by atoms with Gasteiger partial charge in [0.1, 0.15) is 23.1 Å². The van der Waals surface area contributed by atoms with E-state index in [1.165, 1.54) is 45.4 Å². The Morgan fingerprint density at radius 2 is 1.25 bits per heavy atom. The van der Waals surface area contributed by atoms with Gasteiger partial charge in [-0.1, -0.05) is 12.1 Å². The number of carbonyl (C=O) groups is 2. The van der Waals surface area contributed by atoms with Gasteiger partial charge in [0.2, 0.25) is 23.6 Å². The molecule has 9 rings (SSSR count). The lowest BCUT2D eigenvalue weighted by atomic mass is 10.0. The summed E-state index contributed by atoms with van der Waals surface area (Å²) in [7, 11) is 5.46. The maximum Gasteiger partial charge on any atom is 0.240 e. The minimum absolute atomic E-state index is 0.0746. The van der Waals surface area contributed by atoms with Crippen LogP contribution in [0.4, 0.5) is 11.6 Å². The predicted octanol–water partition coefficient (Wildman–Crippen LogP) is 7.14. The molecule has 0 bridgehead atoms. The minimum atomic E-state index is -0.325. The monoisotopic (exact) mass is 984 g/mol. The Morgan fingerprint density at radius 1 is 0.708 bits per heavy atom. The lowest BCUT2D eigenvalue weighted by molar-refractivity contribution is -0.127. The van der Waals surface area contributed by atoms with E-state index in [1.807, 2.05) is 88.5 Å². The molecule has 1 saturated heterocycles. The van der Waals surface area contributed by atoms with Crippen LogP contribution in [0.1, 0.15) is 85.7 Å². The number of aryl methyl sites for hydroxylation is 7. The van der Waals surface area contributed by atoms with E-state index in [0.717, 1.165) is 97.1 Å². The molecule has 0 saturated carbocycles. The maximum absolute atomic E-state index is 12.0. The molecule has 2 aliphatic rings. The molecular formula is C52H69N15O5. The summed E-state index contributed by atoms with van der Waals surface area (Å²) in [6.07, 6.45) is 3.31. The Kier molecular flexibility index (Phi) is 16.6. The molecule has 2 amide bonds. The number of guanidine groups is 1. The first kappa shape index (κ1) is 52.1. The molecular weight excluding hydrogens is 915 g/mol. The van der Waals surface area contributed by atoms with Crippen molar-refractivity contribution >= 4 is 40.7 Å². The first-order valence-corrected chi connectivity index (χ1v) is 24.3. The van der Waals surface area contributed by atoms with Gasteiger partial charge >= 0.3 is 0 Å². The van der Waals surface area contributed by atoms with Crippen molar-refractivity contribution in [2.45, 2.75) is 107 Å². The molecule has 382 valence electrons. The summed E-state index contributed by atoms with van der Waals surface area (Å²) in [4.78, 5) is 41.7. The van der Waals surface area contributed by atoms with Crippen molar-refractivity contribution in [1.29, 1.82) is 0 Å². The zero-order valence-corrected chi connectivity index (χ0v) is 43.9. The second-order valence-corrected chi connectivity index (χ2v) is 18.6. The minimum Gasteiger partial charge on any atom is -0.497 e. The van der Waals surface area contributed by atoms with Gasteiger partial charge in [-0.05, 0) is 115 Å². The third-order valence-corrected chi connectivity index (χ3v) is 12.3. The molecule has 5 aromatic heterocycles. The number of fused-ring (bicyclic) bond motifs is 3. The molecule has 1 fully saturated rings. The van der Waals surface area contributed by atoms with E-state index in [0.29, 0.717) is 18.2 Å². The molecule has 0 spiro atoms. The molecule has 7 aromatic rings. The molecule has 20 nitrogen and oxygen atoms in total. The summed E-state index contributed by atoms with van der Waals surface area (Å²) in [6.45, 7) is 23.7. The van der Waals surface area contributed by atoms with Crippen LogP contribution in [0.25, 0.3) is 33.5 Å². The number of methoxy groups -OCH3 is 2. The Labute approximate surface area is 421 Å². The molecule has 0 radical (unpaired) electrons. The predicted molar refractivity (Wildman–Crippen MR) is 280 cm³/mol. The van der Waals surface area contributed by atoms with Gasteiger partial charge in [0, 0.05) is 107 Å². The summed E-state index contributed by atoms with van der Waals surface area (Å²) < 4.78 is 19.8. The van der Waals surface area contributed by atoms with Crippen molar-refractivity contribution in [3.63, 3.8) is 0 Å². The molecule has 2 atom stereocenters. The molecule has 72 heavy (non-hydrogen) atoms. The number of anilines is 2. The number of rotatable bonds is 12. The summed E-state index contributed by atoms with van der Waals surface area (Å²) in [5, 5.41) is 24.3. The van der Waals surface area contributed by atoms with Crippen LogP contribution in [0.2, 0.25) is 0 Å². The van der Waals surface area contributed by atoms with Crippen LogP contribution in [-0.4, -0.2) is 126 Å². The third kappa shape index (κ3) is 12.4. The largest absolute Gasteiger partial charge is 0.497 e. The number of aliphatic imine (C=N–C) groups is 1.